The first kappa shape index (κ1) is 56.6. The number of aliphatic hydroxyl groups is 1. The van der Waals surface area contributed by atoms with Crippen molar-refractivity contribution < 1.29 is 28.8 Å². The number of epoxide rings is 1. The zero-order valence-corrected chi connectivity index (χ0v) is 46.9. The molecule has 3 fully saturated rings. The number of H-pyrrole nitrogens is 1. The van der Waals surface area contributed by atoms with E-state index in [1.165, 1.54) is 30.6 Å². The molecule has 3 saturated heterocycles. The van der Waals surface area contributed by atoms with Crippen LogP contribution in [0.1, 0.15) is 43.7 Å². The summed E-state index contributed by atoms with van der Waals surface area (Å²) in [6, 6.07) is 9.06. The number of nitrogens with one attached hydrogen (secondary N) is 3. The number of piperidine rings is 1. The number of methoxy groups -OCH3 is 1. The Labute approximate surface area is 454 Å². The third kappa shape index (κ3) is 15.3. The first-order valence-corrected chi connectivity index (χ1v) is 30.8. The van der Waals surface area contributed by atoms with E-state index in [1.807, 2.05) is 11.8 Å². The molecule has 2 bridgehead atoms. The van der Waals surface area contributed by atoms with Gasteiger partial charge in [0.25, 0.3) is 0 Å². The van der Waals surface area contributed by atoms with Gasteiger partial charge in [0.2, 0.25) is 0 Å². The highest BCUT2D eigenvalue weighted by Gasteiger charge is 2.49. The van der Waals surface area contributed by atoms with Crippen molar-refractivity contribution in [3.63, 3.8) is 0 Å². The second-order valence-corrected chi connectivity index (χ2v) is 24.3. The van der Waals surface area contributed by atoms with Crippen molar-refractivity contribution in [2.45, 2.75) is 124 Å². The molecule has 8 aliphatic heterocycles. The summed E-state index contributed by atoms with van der Waals surface area (Å²) >= 11 is 10.0. The minimum absolute atomic E-state index is 0.00972. The molecule has 4 atom stereocenters. The maximum Gasteiger partial charge on any atom is 0.425 e. The number of rotatable bonds is 12. The molecule has 0 spiro atoms. The number of amides is 1. The first-order valence-electron chi connectivity index (χ1n) is 24.6. The van der Waals surface area contributed by atoms with E-state index >= 15 is 0 Å². The van der Waals surface area contributed by atoms with Crippen LogP contribution in [0.4, 0.5) is 4.79 Å². The third-order valence-corrected chi connectivity index (χ3v) is 18.6. The predicted molar refractivity (Wildman–Crippen MR) is 293 cm³/mol. The number of aliphatic imine (C=N–C) groups is 2. The lowest BCUT2D eigenvalue weighted by molar-refractivity contribution is -0.146. The third-order valence-electron chi connectivity index (χ3n) is 12.8. The second-order valence-electron chi connectivity index (χ2n) is 17.9. The molecule has 29 heteroatoms. The molecule has 4 unspecified atom stereocenters. The van der Waals surface area contributed by atoms with Crippen molar-refractivity contribution in [1.82, 2.24) is 59.2 Å². The number of hydrogen-bond acceptors (Lipinski definition) is 22. The second kappa shape index (κ2) is 27.6. The molecule has 1 amide bonds. The summed E-state index contributed by atoms with van der Waals surface area (Å²) in [6.45, 7) is 11.7. The number of aromatic nitrogens is 9. The highest BCUT2D eigenvalue weighted by atomic mass is 32.2. The van der Waals surface area contributed by atoms with Gasteiger partial charge in [-0.15, -0.1) is 27.1 Å². The van der Waals surface area contributed by atoms with Gasteiger partial charge in [-0.2, -0.15) is 0 Å². The normalized spacial score (nSPS) is 23.0. The van der Waals surface area contributed by atoms with Gasteiger partial charge in [0, 0.05) is 74.1 Å². The van der Waals surface area contributed by atoms with E-state index < -0.39 is 12.2 Å². The highest BCUT2D eigenvalue weighted by Crippen LogP contribution is 2.43. The Morgan fingerprint density at radius 2 is 1.54 bits per heavy atom. The molecule has 8 aliphatic rings. The average molecular weight is 1140 g/mol. The zero-order chi connectivity index (χ0) is 52.0. The predicted octanol–water partition coefficient (Wildman–Crippen LogP) is 3.07. The lowest BCUT2D eigenvalue weighted by atomic mass is 9.86. The number of carbonyl (C=O) groups excluding carboxylic acids is 1. The van der Waals surface area contributed by atoms with E-state index in [9.17, 15) is 24.3 Å². The van der Waals surface area contributed by atoms with Gasteiger partial charge < -0.3 is 24.1 Å². The van der Waals surface area contributed by atoms with Crippen LogP contribution in [0.2, 0.25) is 0 Å². The number of hydrazine groups is 1. The molecule has 23 nitrogen and oxygen atoms in total. The number of aliphatic hydroxyl groups excluding tert-OH is 1. The molecular weight excluding hydrogens is 1070 g/mol. The Kier molecular flexibility index (Phi) is 21.1. The Morgan fingerprint density at radius 3 is 2.12 bits per heavy atom. The van der Waals surface area contributed by atoms with E-state index in [4.69, 9.17) is 14.2 Å². The number of aryl methyl sites for hydroxylation is 1. The molecule has 4 N–H and O–H groups in total. The standard InChI is InChI=1S/C24H34N4O4S.C7H9N3O2S.C6H11N3O2S.C4H5N3OS.C4H7NS2/c1-17-5-3-4-6-18(17)15-32-24(16-31-2)11-19-7-8-20(12-24)27(19)13-21(29)14-28-23(30)26-9-10-33-22(26)25-28;11-7-9-1-2-13-6(9)8-10(7)3-5-4-12-5;1-2-11-6(10)9-8-5-7-3-4-12-5;8-3-5-6-4-7(3)1-2-9-4;1-6-4-5-2-3-7-4/h3-6,19-21,29H,7-16H2,1-2H3;5H,1-4H2;2-4H2,1H3,(H,7,8)(H,9,10);1-2H2,(H,5,8);2-3H2,1H3. The summed E-state index contributed by atoms with van der Waals surface area (Å²) in [4.78, 5) is 56.3. The lowest BCUT2D eigenvalue weighted by Crippen LogP contribution is -2.56. The molecule has 0 saturated carbocycles. The van der Waals surface area contributed by atoms with Crippen molar-refractivity contribution in [3.8, 4) is 0 Å². The van der Waals surface area contributed by atoms with Gasteiger partial charge in [-0.05, 0) is 56.9 Å². The molecule has 406 valence electrons. The van der Waals surface area contributed by atoms with Gasteiger partial charge in [0.15, 0.2) is 20.6 Å². The van der Waals surface area contributed by atoms with Crippen LogP contribution in [0.3, 0.4) is 0 Å². The molecule has 11 heterocycles. The number of carbonyl (C=O) groups is 1. The number of ether oxygens (including phenoxy) is 4. The van der Waals surface area contributed by atoms with Crippen LogP contribution in [0.15, 0.2) is 64.1 Å². The van der Waals surface area contributed by atoms with E-state index in [0.717, 1.165) is 102 Å². The van der Waals surface area contributed by atoms with E-state index in [0.29, 0.717) is 51.5 Å². The van der Waals surface area contributed by atoms with Gasteiger partial charge >= 0.3 is 23.2 Å². The highest BCUT2D eigenvalue weighted by molar-refractivity contribution is 8.38. The molecule has 74 heavy (non-hydrogen) atoms. The number of fused-ring (bicyclic) bond motifs is 5. The van der Waals surface area contributed by atoms with Crippen LogP contribution >= 0.6 is 70.6 Å². The lowest BCUT2D eigenvalue weighted by Gasteiger charge is -2.46. The van der Waals surface area contributed by atoms with Gasteiger partial charge in [-0.3, -0.25) is 34.0 Å². The van der Waals surface area contributed by atoms with Crippen LogP contribution in [0.25, 0.3) is 0 Å². The largest absolute Gasteiger partial charge is 0.449 e. The van der Waals surface area contributed by atoms with E-state index in [2.05, 4.69) is 88.3 Å². The molecule has 12 rings (SSSR count). The summed E-state index contributed by atoms with van der Waals surface area (Å²) in [6.07, 6.45) is 5.17. The fourth-order valence-corrected chi connectivity index (χ4v) is 14.1. The molecule has 3 aromatic heterocycles. The van der Waals surface area contributed by atoms with Crippen molar-refractivity contribution in [2.75, 3.05) is 81.6 Å². The minimum Gasteiger partial charge on any atom is -0.449 e. The quantitative estimate of drug-likeness (QED) is 0.117. The van der Waals surface area contributed by atoms with Crippen LogP contribution < -0.4 is 27.9 Å². The van der Waals surface area contributed by atoms with Crippen LogP contribution in [-0.4, -0.2) is 181 Å². The molecule has 4 aromatic rings. The molecule has 1 aromatic carbocycles. The summed E-state index contributed by atoms with van der Waals surface area (Å²) in [5.41, 5.74) is 6.98. The molecule has 0 radical (unpaired) electrons. The van der Waals surface area contributed by atoms with Gasteiger partial charge in [0.05, 0.1) is 64.3 Å². The zero-order valence-electron chi connectivity index (χ0n) is 42.1. The van der Waals surface area contributed by atoms with E-state index in [1.54, 1.807) is 86.5 Å². The van der Waals surface area contributed by atoms with Crippen molar-refractivity contribution >= 4 is 86.2 Å². The molecule has 0 aliphatic carbocycles. The summed E-state index contributed by atoms with van der Waals surface area (Å²) in [7, 11) is 1.75. The SMILES string of the molecule is CCOC(=O)NNC1=NCCS1.COCC1(OCc2ccccc2C)CC2CCC(C1)N2CC(O)Cn1nc2n(c1=O)CCS2.CSC1=NCCS1.O=c1[nH]nc2n1CCS2.O=c1n(CC2CO2)nc2n1CCS2. The summed E-state index contributed by atoms with van der Waals surface area (Å²) in [5, 5.41) is 28.8. The monoisotopic (exact) mass is 1140 g/mol. The Hall–Kier alpha value is -3.65. The minimum atomic E-state index is -0.630. The smallest absolute Gasteiger partial charge is 0.425 e. The average Bonchev–Trinajstić information content (AvgIpc) is 4.23. The summed E-state index contributed by atoms with van der Waals surface area (Å²) in [5.74, 6) is 5.00. The van der Waals surface area contributed by atoms with Crippen molar-refractivity contribution in [3.05, 3.63) is 66.8 Å². The Balaban J connectivity index is 0.000000144. The number of nitrogens with zero attached hydrogens (tertiary/aromatic N) is 11. The van der Waals surface area contributed by atoms with Crippen LogP contribution in [0, 0.1) is 6.92 Å². The number of amidine groups is 1. The van der Waals surface area contributed by atoms with Gasteiger partial charge in [0.1, 0.15) is 10.5 Å². The number of thioether (sulfide) groups is 6. The fourth-order valence-electron chi connectivity index (χ4n) is 9.20. The number of hydrogen-bond donors (Lipinski definition) is 4. The van der Waals surface area contributed by atoms with Gasteiger partial charge in [-0.25, -0.2) is 39.1 Å². The fraction of sp³-hybridized carbons (Fsp3) is 0.667. The maximum absolute atomic E-state index is 12.5. The van der Waals surface area contributed by atoms with Crippen molar-refractivity contribution in [1.29, 1.82) is 0 Å². The maximum atomic E-state index is 12.5. The Morgan fingerprint density at radius 1 is 0.892 bits per heavy atom. The topological polar surface area (TPSA) is 260 Å². The Bertz CT molecular complexity index is 2720. The van der Waals surface area contributed by atoms with Gasteiger partial charge in [-0.1, -0.05) is 83.1 Å². The number of aromatic amines is 1. The number of benzene rings is 1. The van der Waals surface area contributed by atoms with Crippen molar-refractivity contribution in [2.24, 2.45) is 9.98 Å². The van der Waals surface area contributed by atoms with Crippen LogP contribution in [-0.2, 0) is 58.3 Å². The van der Waals surface area contributed by atoms with Crippen LogP contribution in [0.5, 0.6) is 0 Å². The van der Waals surface area contributed by atoms with E-state index in [-0.39, 0.29) is 35.3 Å². The summed E-state index contributed by atoms with van der Waals surface area (Å²) < 4.78 is 31.1. The first-order chi connectivity index (χ1) is 36.0. The molecular formula is C45H66N14O9S6.